The Kier molecular flexibility index (Phi) is 22.0. The largest absolute Gasteiger partial charge is 0.460 e. The molecule has 6 aliphatic heterocycles. The highest BCUT2D eigenvalue weighted by Crippen LogP contribution is 2.48. The summed E-state index contributed by atoms with van der Waals surface area (Å²) in [6.07, 6.45) is 6.04. The fourth-order valence-corrected chi connectivity index (χ4v) is 16.6. The number of ether oxygens (including phenoxy) is 6. The van der Waals surface area contributed by atoms with Crippen molar-refractivity contribution in [2.24, 2.45) is 23.7 Å². The van der Waals surface area contributed by atoms with Crippen LogP contribution < -0.4 is 20.1 Å². The fourth-order valence-electron chi connectivity index (χ4n) is 13.9. The maximum Gasteiger partial charge on any atom is 0.410 e. The Labute approximate surface area is 591 Å². The lowest BCUT2D eigenvalue weighted by atomic mass is 9.99. The molecule has 0 aromatic heterocycles. The third-order valence-corrected chi connectivity index (χ3v) is 23.3. The second kappa shape index (κ2) is 29.9. The molecule has 102 heavy (non-hydrogen) atoms. The number of nitrogens with zero attached hydrogens (tertiary/aromatic N) is 4. The number of hydrogen-bond donors (Lipinski definition) is 4. The van der Waals surface area contributed by atoms with E-state index in [0.717, 1.165) is 0 Å². The average molecular weight is 1470 g/mol. The zero-order valence-electron chi connectivity index (χ0n) is 58.0. The van der Waals surface area contributed by atoms with Crippen molar-refractivity contribution in [3.63, 3.8) is 0 Å². The van der Waals surface area contributed by atoms with Gasteiger partial charge in [0.25, 0.3) is 11.8 Å². The lowest BCUT2D eigenvalue weighted by molar-refractivity contribution is -0.159. The first-order valence-electron chi connectivity index (χ1n) is 34.9. The van der Waals surface area contributed by atoms with Crippen LogP contribution in [-0.2, 0) is 113 Å². The van der Waals surface area contributed by atoms with E-state index in [1.54, 1.807) is 90.1 Å². The van der Waals surface area contributed by atoms with Gasteiger partial charge in [-0.25, -0.2) is 35.2 Å². The molecule has 28 nitrogen and oxygen atoms in total. The van der Waals surface area contributed by atoms with E-state index < -0.39 is 172 Å². The number of carbonyl (C=O) groups is 10. The van der Waals surface area contributed by atoms with E-state index in [1.165, 1.54) is 31.7 Å². The Bertz CT molecular complexity index is 3700. The molecule has 4 aliphatic carbocycles. The summed E-state index contributed by atoms with van der Waals surface area (Å²) in [7, 11) is -7.86. The van der Waals surface area contributed by atoms with Crippen molar-refractivity contribution in [3.05, 3.63) is 94.6 Å². The van der Waals surface area contributed by atoms with Crippen LogP contribution in [0.5, 0.6) is 0 Å². The standard InChI is InChI=1S/2C35H45FN4O10S/c2*1-34(2,3)50-29(41)15-21-12-14-48-13-5-4-8-23-17-35(23,32(44)38-51(46,47)25-10-11-25)37-30(42)28-16-24(19-40(28)31(21)43)49-33(45)39-18-22-7-6-9-27(36)26(22)20-39/h2*4,6-9,21,23-25,28H,5,10-20H2,1-3H3,(H,37,42)(H,38,44)/b2*8-4-/t2*21-,23-,24-,28+,35-/m11/s1. The lowest BCUT2D eigenvalue weighted by Gasteiger charge is -2.30. The highest BCUT2D eigenvalue weighted by Gasteiger charge is 2.64. The van der Waals surface area contributed by atoms with Crippen LogP contribution in [0.4, 0.5) is 18.4 Å². The first kappa shape index (κ1) is 75.1. The number of hydrogen-bond acceptors (Lipinski definition) is 20. The Morgan fingerprint density at radius 1 is 0.559 bits per heavy atom. The quantitative estimate of drug-likeness (QED) is 0.125. The molecule has 0 spiro atoms. The average Bonchev–Trinajstić information content (AvgIpc) is 1.58. The van der Waals surface area contributed by atoms with E-state index in [1.807, 2.05) is 0 Å². The summed E-state index contributed by atoms with van der Waals surface area (Å²) in [6, 6.07) is 6.72. The van der Waals surface area contributed by atoms with Gasteiger partial charge in [0.2, 0.25) is 43.7 Å². The molecule has 10 atom stereocenters. The molecule has 2 saturated heterocycles. The molecule has 6 heterocycles. The first-order valence-corrected chi connectivity index (χ1v) is 37.9. The molecule has 4 N–H and O–H groups in total. The molecule has 4 saturated carbocycles. The summed E-state index contributed by atoms with van der Waals surface area (Å²) in [5.41, 5.74) is -2.71. The molecular weight excluding hydrogens is 1370 g/mol. The van der Waals surface area contributed by atoms with Gasteiger partial charge in [-0.05, 0) is 129 Å². The first-order chi connectivity index (χ1) is 48.1. The Morgan fingerprint density at radius 3 is 1.29 bits per heavy atom. The fraction of sp³-hybridized carbons (Fsp3) is 0.629. The van der Waals surface area contributed by atoms with Crippen LogP contribution in [0, 0.1) is 35.3 Å². The van der Waals surface area contributed by atoms with Crippen molar-refractivity contribution in [1.29, 1.82) is 0 Å². The van der Waals surface area contributed by atoms with Gasteiger partial charge >= 0.3 is 24.1 Å². The van der Waals surface area contributed by atoms with E-state index in [-0.39, 0.29) is 117 Å². The van der Waals surface area contributed by atoms with Crippen LogP contribution in [0.2, 0.25) is 0 Å². The summed E-state index contributed by atoms with van der Waals surface area (Å²) in [5.74, 6) is -9.33. The van der Waals surface area contributed by atoms with E-state index in [9.17, 15) is 73.6 Å². The molecule has 32 heteroatoms. The van der Waals surface area contributed by atoms with Crippen molar-refractivity contribution >= 4 is 79.6 Å². The summed E-state index contributed by atoms with van der Waals surface area (Å²) < 4.78 is 118. The van der Waals surface area contributed by atoms with Gasteiger partial charge in [0.1, 0.15) is 58.2 Å². The van der Waals surface area contributed by atoms with Crippen LogP contribution in [-0.4, -0.2) is 193 Å². The molecule has 12 rings (SSSR count). The van der Waals surface area contributed by atoms with Gasteiger partial charge in [-0.15, -0.1) is 0 Å². The number of fused-ring (bicyclic) bond motifs is 6. The van der Waals surface area contributed by atoms with Crippen molar-refractivity contribution in [2.75, 3.05) is 39.5 Å². The predicted octanol–water partition coefficient (Wildman–Crippen LogP) is 4.89. The third-order valence-electron chi connectivity index (χ3n) is 19.7. The second-order valence-electron chi connectivity index (χ2n) is 30.1. The number of rotatable bonds is 12. The number of amides is 8. The maximum atomic E-state index is 14.4. The smallest absolute Gasteiger partial charge is 0.410 e. The Balaban J connectivity index is 0.000000205. The molecular formula is C70H90F2N8O20S2. The van der Waals surface area contributed by atoms with Crippen LogP contribution in [0.25, 0.3) is 0 Å². The minimum atomic E-state index is -3.93. The van der Waals surface area contributed by atoms with Crippen LogP contribution in [0.1, 0.15) is 154 Å². The molecule has 10 aliphatic rings. The van der Waals surface area contributed by atoms with Crippen LogP contribution in [0.15, 0.2) is 60.7 Å². The van der Waals surface area contributed by atoms with Crippen molar-refractivity contribution in [3.8, 4) is 0 Å². The summed E-state index contributed by atoms with van der Waals surface area (Å²) in [4.78, 5) is 142. The molecule has 0 radical (unpaired) electrons. The predicted molar refractivity (Wildman–Crippen MR) is 356 cm³/mol. The van der Waals surface area contributed by atoms with Crippen molar-refractivity contribution in [1.82, 2.24) is 39.7 Å². The molecule has 0 unspecified atom stereocenters. The molecule has 8 amide bonds. The van der Waals surface area contributed by atoms with Crippen LogP contribution >= 0.6 is 0 Å². The number of halogens is 2. The molecule has 6 fully saturated rings. The third kappa shape index (κ3) is 17.9. The highest BCUT2D eigenvalue weighted by molar-refractivity contribution is 7.91. The van der Waals surface area contributed by atoms with Gasteiger partial charge in [0.05, 0.1) is 74.6 Å². The molecule has 0 bridgehead atoms. The van der Waals surface area contributed by atoms with Crippen molar-refractivity contribution < 1.29 is 102 Å². The number of benzene rings is 2. The van der Waals surface area contributed by atoms with Gasteiger partial charge in [-0.1, -0.05) is 48.6 Å². The minimum absolute atomic E-state index is 0.00557. The monoisotopic (exact) mass is 1460 g/mol. The minimum Gasteiger partial charge on any atom is -0.460 e. The second-order valence-corrected chi connectivity index (χ2v) is 34.0. The molecule has 2 aromatic rings. The summed E-state index contributed by atoms with van der Waals surface area (Å²) in [6.45, 7) is 10.9. The van der Waals surface area contributed by atoms with Gasteiger partial charge in [-0.2, -0.15) is 0 Å². The number of nitrogens with one attached hydrogen (secondary N) is 4. The van der Waals surface area contributed by atoms with Crippen molar-refractivity contribution in [2.45, 2.75) is 215 Å². The van der Waals surface area contributed by atoms with E-state index in [0.29, 0.717) is 60.8 Å². The van der Waals surface area contributed by atoms with Gasteiger partial charge in [-0.3, -0.25) is 57.6 Å². The highest BCUT2D eigenvalue weighted by atomic mass is 32.2. The van der Waals surface area contributed by atoms with E-state index in [2.05, 4.69) is 20.1 Å². The van der Waals surface area contributed by atoms with Crippen LogP contribution in [0.3, 0.4) is 0 Å². The number of carbonyl (C=O) groups excluding carboxylic acids is 10. The topological polar surface area (TPSA) is 355 Å². The van der Waals surface area contributed by atoms with E-state index in [4.69, 9.17) is 28.4 Å². The van der Waals surface area contributed by atoms with E-state index >= 15 is 0 Å². The Morgan fingerprint density at radius 2 is 0.941 bits per heavy atom. The number of esters is 2. The molecule has 2 aromatic carbocycles. The zero-order valence-corrected chi connectivity index (χ0v) is 59.7. The van der Waals surface area contributed by atoms with Gasteiger partial charge in [0, 0.05) is 62.1 Å². The normalized spacial score (nSPS) is 29.0. The van der Waals surface area contributed by atoms with Gasteiger partial charge < -0.3 is 48.9 Å². The lowest BCUT2D eigenvalue weighted by Crippen LogP contribution is -2.57. The number of sulfonamides is 2. The summed E-state index contributed by atoms with van der Waals surface area (Å²) in [5, 5.41) is 4.21. The summed E-state index contributed by atoms with van der Waals surface area (Å²) >= 11 is 0. The SMILES string of the molecule is CC(C)(C)OC(=O)C[C@H]1CCOCC/C=C\[C@@H]2C[C@@]2(C(=O)NS(=O)(=O)C2CC2)NC(=O)[C@@H]2C[C@@H](OC(=O)N3Cc4cccc(F)c4C3)CN2C1=O.CC(C)(C)OC(=O)C[C@H]1CCOCC/C=C\[C@@H]2C[C@@]2(C(=O)NS(=O)(=O)C2CC2)NC(=O)[C@@H]2C[C@@H](OC(=O)N3Cc4cccc(F)c4C3)CN2C1=O. The Hall–Kier alpha value is -8.10. The molecule has 556 valence electrons. The zero-order chi connectivity index (χ0) is 73.4. The maximum absolute atomic E-state index is 14.4. The van der Waals surface area contributed by atoms with Gasteiger partial charge in [0.15, 0.2) is 0 Å².